The van der Waals surface area contributed by atoms with E-state index in [4.69, 9.17) is 0 Å². The number of hydrogen-bond donors (Lipinski definition) is 0. The van der Waals surface area contributed by atoms with Gasteiger partial charge < -0.3 is 0 Å². The van der Waals surface area contributed by atoms with E-state index in [9.17, 15) is 13.2 Å². The van der Waals surface area contributed by atoms with Crippen molar-refractivity contribution in [2.45, 2.75) is 39.3 Å². The molecule has 0 fully saturated rings. The summed E-state index contributed by atoms with van der Waals surface area (Å²) in [5.74, 6) is 0. The molecule has 0 aliphatic carbocycles. The second-order valence-corrected chi connectivity index (χ2v) is 5.05. The number of hydrogen-bond acceptors (Lipinski definition) is 0. The number of allylic oxidation sites excluding steroid dienone is 1. The zero-order valence-corrected chi connectivity index (χ0v) is 10.5. The molecule has 0 saturated heterocycles. The standard InChI is InChI=1S/C14H17F3/c1-5-6-10-7-8-11(13(2,3)4)12(9-10)14(15,16)17/h5-9H,1-4H3. The first-order valence-corrected chi connectivity index (χ1v) is 5.50. The molecule has 3 heteroatoms. The molecule has 94 valence electrons. The van der Waals surface area contributed by atoms with Gasteiger partial charge in [0, 0.05) is 0 Å². The lowest BCUT2D eigenvalue weighted by Gasteiger charge is -2.24. The van der Waals surface area contributed by atoms with E-state index in [-0.39, 0.29) is 0 Å². The molecule has 0 N–H and O–H groups in total. The predicted molar refractivity (Wildman–Crippen MR) is 64.9 cm³/mol. The lowest BCUT2D eigenvalue weighted by molar-refractivity contribution is -0.138. The van der Waals surface area contributed by atoms with Crippen LogP contribution in [-0.4, -0.2) is 0 Å². The molecule has 17 heavy (non-hydrogen) atoms. The van der Waals surface area contributed by atoms with E-state index in [1.165, 1.54) is 6.07 Å². The quantitative estimate of drug-likeness (QED) is 0.647. The van der Waals surface area contributed by atoms with Crippen LogP contribution in [0.2, 0.25) is 0 Å². The summed E-state index contributed by atoms with van der Waals surface area (Å²) in [6, 6.07) is 4.49. The van der Waals surface area contributed by atoms with Crippen molar-refractivity contribution >= 4 is 6.08 Å². The van der Waals surface area contributed by atoms with Gasteiger partial charge in [-0.3, -0.25) is 0 Å². The summed E-state index contributed by atoms with van der Waals surface area (Å²) in [6.07, 6.45) is -0.909. The van der Waals surface area contributed by atoms with Gasteiger partial charge in [-0.15, -0.1) is 0 Å². The Balaban J connectivity index is 3.43. The normalized spacial score (nSPS) is 13.4. The minimum Gasteiger partial charge on any atom is -0.166 e. The van der Waals surface area contributed by atoms with Gasteiger partial charge >= 0.3 is 6.18 Å². The molecule has 0 aliphatic rings. The van der Waals surface area contributed by atoms with Crippen molar-refractivity contribution in [3.8, 4) is 0 Å². The Morgan fingerprint density at radius 2 is 1.59 bits per heavy atom. The van der Waals surface area contributed by atoms with E-state index < -0.39 is 17.2 Å². The summed E-state index contributed by atoms with van der Waals surface area (Å²) in [6.45, 7) is 7.14. The summed E-state index contributed by atoms with van der Waals surface area (Å²) in [4.78, 5) is 0. The highest BCUT2D eigenvalue weighted by atomic mass is 19.4. The monoisotopic (exact) mass is 242 g/mol. The van der Waals surface area contributed by atoms with Gasteiger partial charge in [-0.2, -0.15) is 13.2 Å². The van der Waals surface area contributed by atoms with Crippen LogP contribution in [0.15, 0.2) is 24.3 Å². The second-order valence-electron chi connectivity index (χ2n) is 5.05. The molecule has 0 unspecified atom stereocenters. The minimum atomic E-state index is -4.31. The maximum absolute atomic E-state index is 13.0. The summed E-state index contributed by atoms with van der Waals surface area (Å²) < 4.78 is 38.9. The molecule has 0 amide bonds. The molecule has 1 aromatic rings. The third kappa shape index (κ3) is 3.35. The van der Waals surface area contributed by atoms with Gasteiger partial charge in [0.1, 0.15) is 0 Å². The first-order chi connectivity index (χ1) is 7.66. The van der Waals surface area contributed by atoms with Gasteiger partial charge in [-0.1, -0.05) is 45.1 Å². The SMILES string of the molecule is CC=Cc1ccc(C(C)(C)C)c(C(F)(F)F)c1. The Morgan fingerprint density at radius 1 is 1.00 bits per heavy atom. The Morgan fingerprint density at radius 3 is 2.00 bits per heavy atom. The van der Waals surface area contributed by atoms with Gasteiger partial charge in [0.25, 0.3) is 0 Å². The van der Waals surface area contributed by atoms with Crippen molar-refractivity contribution in [2.75, 3.05) is 0 Å². The van der Waals surface area contributed by atoms with Crippen molar-refractivity contribution in [1.82, 2.24) is 0 Å². The van der Waals surface area contributed by atoms with Crippen LogP contribution in [0.5, 0.6) is 0 Å². The maximum atomic E-state index is 13.0. The zero-order valence-electron chi connectivity index (χ0n) is 10.5. The van der Waals surface area contributed by atoms with Crippen molar-refractivity contribution in [1.29, 1.82) is 0 Å². The van der Waals surface area contributed by atoms with E-state index in [2.05, 4.69) is 0 Å². The highest BCUT2D eigenvalue weighted by molar-refractivity contribution is 5.53. The molecule has 0 heterocycles. The zero-order chi connectivity index (χ0) is 13.3. The molecular weight excluding hydrogens is 225 g/mol. The molecule has 0 bridgehead atoms. The second kappa shape index (κ2) is 4.55. The fourth-order valence-electron chi connectivity index (χ4n) is 1.75. The first-order valence-electron chi connectivity index (χ1n) is 5.50. The Kier molecular flexibility index (Phi) is 3.70. The van der Waals surface area contributed by atoms with Crippen LogP contribution in [-0.2, 0) is 11.6 Å². The summed E-state index contributed by atoms with van der Waals surface area (Å²) in [5, 5.41) is 0. The van der Waals surface area contributed by atoms with Crippen LogP contribution in [0.3, 0.4) is 0 Å². The molecule has 1 aromatic carbocycles. The van der Waals surface area contributed by atoms with E-state index in [1.807, 2.05) is 0 Å². The molecule has 0 aliphatic heterocycles. The topological polar surface area (TPSA) is 0 Å². The predicted octanol–water partition coefficient (Wildman–Crippen LogP) is 5.04. The molecule has 0 spiro atoms. The fraction of sp³-hybridized carbons (Fsp3) is 0.429. The molecule has 0 aromatic heterocycles. The maximum Gasteiger partial charge on any atom is 0.416 e. The Bertz CT molecular complexity index is 420. The molecule has 1 rings (SSSR count). The first kappa shape index (κ1) is 13.8. The highest BCUT2D eigenvalue weighted by Crippen LogP contribution is 2.38. The Hall–Kier alpha value is -1.25. The summed E-state index contributed by atoms with van der Waals surface area (Å²) in [5.41, 5.74) is -0.147. The number of rotatable bonds is 1. The summed E-state index contributed by atoms with van der Waals surface area (Å²) >= 11 is 0. The van der Waals surface area contributed by atoms with Gasteiger partial charge in [0.15, 0.2) is 0 Å². The fourth-order valence-corrected chi connectivity index (χ4v) is 1.75. The molecule has 0 saturated carbocycles. The van der Waals surface area contributed by atoms with E-state index >= 15 is 0 Å². The number of halogens is 3. The van der Waals surface area contributed by atoms with Crippen LogP contribution < -0.4 is 0 Å². The van der Waals surface area contributed by atoms with Crippen LogP contribution >= 0.6 is 0 Å². The van der Waals surface area contributed by atoms with Gasteiger partial charge in [0.2, 0.25) is 0 Å². The average molecular weight is 242 g/mol. The van der Waals surface area contributed by atoms with E-state index in [0.717, 1.165) is 0 Å². The molecule has 0 radical (unpaired) electrons. The van der Waals surface area contributed by atoms with Crippen LogP contribution in [0.25, 0.3) is 6.08 Å². The number of alkyl halides is 3. The van der Waals surface area contributed by atoms with Crippen LogP contribution in [0, 0.1) is 0 Å². The molecule has 0 nitrogen and oxygen atoms in total. The lowest BCUT2D eigenvalue weighted by atomic mass is 9.83. The number of benzene rings is 1. The summed E-state index contributed by atoms with van der Waals surface area (Å²) in [7, 11) is 0. The molecule has 0 atom stereocenters. The van der Waals surface area contributed by atoms with Crippen molar-refractivity contribution in [3.63, 3.8) is 0 Å². The van der Waals surface area contributed by atoms with Gasteiger partial charge in [0.05, 0.1) is 5.56 Å². The van der Waals surface area contributed by atoms with Gasteiger partial charge in [-0.25, -0.2) is 0 Å². The smallest absolute Gasteiger partial charge is 0.166 e. The average Bonchev–Trinajstić information content (AvgIpc) is 2.15. The van der Waals surface area contributed by atoms with Crippen molar-refractivity contribution < 1.29 is 13.2 Å². The van der Waals surface area contributed by atoms with Crippen molar-refractivity contribution in [2.24, 2.45) is 0 Å². The van der Waals surface area contributed by atoms with Crippen LogP contribution in [0.4, 0.5) is 13.2 Å². The lowest BCUT2D eigenvalue weighted by Crippen LogP contribution is -2.19. The van der Waals surface area contributed by atoms with Gasteiger partial charge in [-0.05, 0) is 29.5 Å². The highest BCUT2D eigenvalue weighted by Gasteiger charge is 2.36. The molecular formula is C14H17F3. The van der Waals surface area contributed by atoms with Crippen LogP contribution in [0.1, 0.15) is 44.4 Å². The third-order valence-electron chi connectivity index (χ3n) is 2.52. The Labute approximate surface area is 100 Å². The van der Waals surface area contributed by atoms with Crippen molar-refractivity contribution in [3.05, 3.63) is 41.0 Å². The largest absolute Gasteiger partial charge is 0.416 e. The third-order valence-corrected chi connectivity index (χ3v) is 2.52. The minimum absolute atomic E-state index is 0.332. The van der Waals surface area contributed by atoms with E-state index in [0.29, 0.717) is 11.1 Å². The van der Waals surface area contributed by atoms with E-state index in [1.54, 1.807) is 52.0 Å².